The summed E-state index contributed by atoms with van der Waals surface area (Å²) >= 11 is 0. The van der Waals surface area contributed by atoms with Gasteiger partial charge in [-0.1, -0.05) is 20.4 Å². The Morgan fingerprint density at radius 3 is 1.67 bits per heavy atom. The maximum atomic E-state index is 9.88. The summed E-state index contributed by atoms with van der Waals surface area (Å²) in [6.07, 6.45) is 0.278. The van der Waals surface area contributed by atoms with E-state index in [0.717, 1.165) is 0 Å². The van der Waals surface area contributed by atoms with Crippen LogP contribution in [-0.2, 0) is 14.4 Å². The van der Waals surface area contributed by atoms with Gasteiger partial charge in [0.15, 0.2) is 0 Å². The highest BCUT2D eigenvalue weighted by molar-refractivity contribution is 6.14. The normalized spacial score (nSPS) is 8.73. The van der Waals surface area contributed by atoms with Gasteiger partial charge in [-0.15, -0.1) is 0 Å². The Hall–Kier alpha value is -1.85. The quantitative estimate of drug-likeness (QED) is 0.354. The van der Waals surface area contributed by atoms with Crippen molar-refractivity contribution in [1.82, 2.24) is 0 Å². The zero-order valence-electron chi connectivity index (χ0n) is 8.69. The van der Waals surface area contributed by atoms with Gasteiger partial charge in [0.2, 0.25) is 0 Å². The van der Waals surface area contributed by atoms with Crippen LogP contribution in [0.5, 0.6) is 0 Å². The zero-order valence-corrected chi connectivity index (χ0v) is 8.69. The molecular formula is C9H15NO5. The van der Waals surface area contributed by atoms with Crippen molar-refractivity contribution < 1.29 is 24.6 Å². The van der Waals surface area contributed by atoms with Crippen LogP contribution in [0.1, 0.15) is 20.3 Å². The van der Waals surface area contributed by atoms with Crippen molar-refractivity contribution in [2.45, 2.75) is 20.3 Å². The van der Waals surface area contributed by atoms with Crippen molar-refractivity contribution in [2.24, 2.45) is 11.7 Å². The van der Waals surface area contributed by atoms with Crippen molar-refractivity contribution in [2.75, 3.05) is 0 Å². The molecular weight excluding hydrogens is 202 g/mol. The van der Waals surface area contributed by atoms with Crippen LogP contribution < -0.4 is 5.73 Å². The lowest BCUT2D eigenvalue weighted by molar-refractivity contribution is -0.138. The molecule has 0 aliphatic carbocycles. The molecule has 1 amide bonds. The van der Waals surface area contributed by atoms with Gasteiger partial charge in [-0.2, -0.15) is 0 Å². The lowest BCUT2D eigenvalue weighted by Crippen LogP contribution is -2.18. The van der Waals surface area contributed by atoms with Gasteiger partial charge < -0.3 is 15.9 Å². The summed E-state index contributed by atoms with van der Waals surface area (Å²) in [4.78, 5) is 29.4. The van der Waals surface area contributed by atoms with E-state index >= 15 is 0 Å². The fraction of sp³-hybridized carbons (Fsp3) is 0.444. The highest BCUT2D eigenvalue weighted by atomic mass is 16.4. The van der Waals surface area contributed by atoms with Crippen molar-refractivity contribution in [3.8, 4) is 0 Å². The minimum atomic E-state index is -1.38. The second-order valence-electron chi connectivity index (χ2n) is 3.14. The summed E-state index contributed by atoms with van der Waals surface area (Å²) in [5, 5.41) is 16.0. The average molecular weight is 217 g/mol. The number of carbonyl (C=O) groups excluding carboxylic acids is 1. The minimum Gasteiger partial charge on any atom is -0.481 e. The highest BCUT2D eigenvalue weighted by Gasteiger charge is 2.08. The largest absolute Gasteiger partial charge is 0.481 e. The van der Waals surface area contributed by atoms with Crippen LogP contribution in [-0.4, -0.2) is 28.1 Å². The Morgan fingerprint density at radius 1 is 1.27 bits per heavy atom. The average Bonchev–Trinajstić information content (AvgIpc) is 2.00. The Morgan fingerprint density at radius 2 is 1.67 bits per heavy atom. The summed E-state index contributed by atoms with van der Waals surface area (Å²) < 4.78 is 0. The van der Waals surface area contributed by atoms with Gasteiger partial charge in [0, 0.05) is 6.42 Å². The van der Waals surface area contributed by atoms with E-state index in [1.165, 1.54) is 0 Å². The topological polar surface area (TPSA) is 118 Å². The van der Waals surface area contributed by atoms with E-state index in [-0.39, 0.29) is 12.3 Å². The first-order valence-electron chi connectivity index (χ1n) is 4.12. The van der Waals surface area contributed by atoms with E-state index in [0.29, 0.717) is 0 Å². The zero-order chi connectivity index (χ0) is 12.6. The molecule has 0 bridgehead atoms. The predicted molar refractivity (Wildman–Crippen MR) is 53.1 cm³/mol. The Bertz CT molecular complexity index is 254. The van der Waals surface area contributed by atoms with E-state index in [9.17, 15) is 14.4 Å². The second kappa shape index (κ2) is 7.54. The van der Waals surface area contributed by atoms with Crippen LogP contribution in [0, 0.1) is 5.92 Å². The number of nitrogens with two attached hydrogens (primary N) is 1. The van der Waals surface area contributed by atoms with Crippen molar-refractivity contribution in [3.63, 3.8) is 0 Å². The molecule has 4 N–H and O–H groups in total. The molecule has 0 atom stereocenters. The molecule has 6 nitrogen and oxygen atoms in total. The third kappa shape index (κ3) is 12.1. The van der Waals surface area contributed by atoms with Gasteiger partial charge in [-0.3, -0.25) is 9.59 Å². The number of amides is 1. The van der Waals surface area contributed by atoms with Crippen molar-refractivity contribution >= 4 is 17.8 Å². The van der Waals surface area contributed by atoms with Gasteiger partial charge >= 0.3 is 11.9 Å². The first kappa shape index (κ1) is 15.6. The van der Waals surface area contributed by atoms with Gasteiger partial charge in [0.25, 0.3) is 5.91 Å². The lowest BCUT2D eigenvalue weighted by Gasteiger charge is -1.94. The van der Waals surface area contributed by atoms with Crippen molar-refractivity contribution in [3.05, 3.63) is 12.2 Å². The number of carboxylic acid groups (broad SMARTS) is 2. The first-order chi connectivity index (χ1) is 6.68. The van der Waals surface area contributed by atoms with Gasteiger partial charge in [0.1, 0.15) is 5.57 Å². The Kier molecular flexibility index (Phi) is 7.85. The molecule has 0 rings (SSSR count). The van der Waals surface area contributed by atoms with E-state index in [4.69, 9.17) is 10.2 Å². The number of carboxylic acids is 2. The second-order valence-corrected chi connectivity index (χ2v) is 3.14. The Labute approximate surface area is 87.4 Å². The third-order valence-corrected chi connectivity index (χ3v) is 1.14. The number of aliphatic carboxylic acids is 2. The molecule has 0 saturated heterocycles. The van der Waals surface area contributed by atoms with Crippen LogP contribution in [0.2, 0.25) is 0 Å². The monoisotopic (exact) mass is 217 g/mol. The summed E-state index contributed by atoms with van der Waals surface area (Å²) in [6, 6.07) is 0. The molecule has 86 valence electrons. The number of hydrogen-bond donors (Lipinski definition) is 3. The van der Waals surface area contributed by atoms with Gasteiger partial charge in [-0.05, 0) is 5.92 Å². The summed E-state index contributed by atoms with van der Waals surface area (Å²) in [5.74, 6) is -2.82. The molecule has 0 aromatic rings. The molecule has 0 radical (unpaired) electrons. The van der Waals surface area contributed by atoms with Gasteiger partial charge in [-0.25, -0.2) is 4.79 Å². The third-order valence-electron chi connectivity index (χ3n) is 1.14. The number of carbonyl (C=O) groups is 3. The predicted octanol–water partition coefficient (Wildman–Crippen LogP) is 0.230. The van der Waals surface area contributed by atoms with Crippen LogP contribution in [0.15, 0.2) is 12.2 Å². The molecule has 0 saturated carbocycles. The summed E-state index contributed by atoms with van der Waals surface area (Å²) in [5.41, 5.74) is 3.92. The Balaban J connectivity index is 0. The van der Waals surface area contributed by atoms with Crippen LogP contribution in [0.3, 0.4) is 0 Å². The number of hydrogen-bond acceptors (Lipinski definition) is 3. The lowest BCUT2D eigenvalue weighted by atomic mass is 10.1. The maximum Gasteiger partial charge on any atom is 0.340 e. The fourth-order valence-electron chi connectivity index (χ4n) is 0.455. The number of rotatable bonds is 4. The maximum absolute atomic E-state index is 9.88. The summed E-state index contributed by atoms with van der Waals surface area (Å²) in [6.45, 7) is 6.65. The molecule has 0 unspecified atom stereocenters. The van der Waals surface area contributed by atoms with E-state index in [1.54, 1.807) is 0 Å². The molecule has 0 aliphatic heterocycles. The van der Waals surface area contributed by atoms with Crippen LogP contribution in [0.4, 0.5) is 0 Å². The van der Waals surface area contributed by atoms with Gasteiger partial charge in [0.05, 0.1) is 0 Å². The highest BCUT2D eigenvalue weighted by Crippen LogP contribution is 1.96. The smallest absolute Gasteiger partial charge is 0.340 e. The number of primary amides is 1. The molecule has 6 heteroatoms. The molecule has 0 aromatic heterocycles. The molecule has 0 spiro atoms. The molecule has 0 heterocycles. The van der Waals surface area contributed by atoms with E-state index in [1.807, 2.05) is 13.8 Å². The van der Waals surface area contributed by atoms with Crippen LogP contribution in [0.25, 0.3) is 0 Å². The van der Waals surface area contributed by atoms with Crippen LogP contribution >= 0.6 is 0 Å². The molecule has 0 aliphatic rings. The fourth-order valence-corrected chi connectivity index (χ4v) is 0.455. The SMILES string of the molecule is C=C(C(N)=O)C(=O)O.CC(C)CC(=O)O. The van der Waals surface area contributed by atoms with E-state index < -0.39 is 23.4 Å². The molecule has 0 fully saturated rings. The molecule has 15 heavy (non-hydrogen) atoms. The minimum absolute atomic E-state index is 0.275. The van der Waals surface area contributed by atoms with E-state index in [2.05, 4.69) is 12.3 Å². The first-order valence-corrected chi connectivity index (χ1v) is 4.12. The standard InChI is InChI=1S/C5H10O2.C4H5NO3/c1-4(2)3-5(6)7;1-2(3(5)6)4(7)8/h4H,3H2,1-2H3,(H,6,7);1H2,(H2,5,6)(H,7,8). The van der Waals surface area contributed by atoms with Crippen molar-refractivity contribution in [1.29, 1.82) is 0 Å². The summed E-state index contributed by atoms with van der Waals surface area (Å²) in [7, 11) is 0. The molecule has 0 aromatic carbocycles.